The number of H-pyrrole nitrogens is 1. The molecule has 1 aliphatic rings. The van der Waals surface area contributed by atoms with E-state index in [0.717, 1.165) is 41.7 Å². The predicted molar refractivity (Wildman–Crippen MR) is 99.8 cm³/mol. The van der Waals surface area contributed by atoms with Crippen molar-refractivity contribution in [1.82, 2.24) is 14.9 Å². The molecule has 27 heavy (non-hydrogen) atoms. The first-order valence-electron chi connectivity index (χ1n) is 8.91. The van der Waals surface area contributed by atoms with E-state index in [9.17, 15) is 13.6 Å². The van der Waals surface area contributed by atoms with E-state index in [-0.39, 0.29) is 18.0 Å². The standard InChI is InChI=1S/C20H20F2N4O/c1-11-12(2)24-18-13(11)9-17(20(27)26-7-4-8-26)25-19(18)23-10-14-15(21)5-3-6-16(14)22/h3,5-6,9,24H,4,7-8,10H2,1-2H3,(H,23,25). The lowest BCUT2D eigenvalue weighted by atomic mass is 10.1. The van der Waals surface area contributed by atoms with Crippen molar-refractivity contribution in [3.8, 4) is 0 Å². The lowest BCUT2D eigenvalue weighted by Crippen LogP contribution is -2.42. The fraction of sp³-hybridized carbons (Fsp3) is 0.300. The number of nitrogens with one attached hydrogen (secondary N) is 2. The number of amides is 1. The molecule has 0 spiro atoms. The molecule has 5 nitrogen and oxygen atoms in total. The molecular weight excluding hydrogens is 350 g/mol. The number of rotatable bonds is 4. The van der Waals surface area contributed by atoms with Gasteiger partial charge in [-0.2, -0.15) is 0 Å². The first-order valence-corrected chi connectivity index (χ1v) is 8.91. The molecule has 140 valence electrons. The molecule has 1 aromatic carbocycles. The highest BCUT2D eigenvalue weighted by atomic mass is 19.1. The maximum Gasteiger partial charge on any atom is 0.272 e. The Labute approximate surface area is 155 Å². The molecule has 1 fully saturated rings. The highest BCUT2D eigenvalue weighted by Crippen LogP contribution is 2.29. The average molecular weight is 370 g/mol. The van der Waals surface area contributed by atoms with Gasteiger partial charge in [0.2, 0.25) is 0 Å². The topological polar surface area (TPSA) is 61.0 Å². The minimum atomic E-state index is -0.620. The van der Waals surface area contributed by atoms with E-state index in [1.165, 1.54) is 18.2 Å². The molecule has 4 rings (SSSR count). The summed E-state index contributed by atoms with van der Waals surface area (Å²) in [4.78, 5) is 22.1. The van der Waals surface area contributed by atoms with Gasteiger partial charge in [0.05, 0.1) is 5.52 Å². The average Bonchev–Trinajstić information content (AvgIpc) is 2.87. The number of hydrogen-bond donors (Lipinski definition) is 2. The Morgan fingerprint density at radius 3 is 2.59 bits per heavy atom. The Morgan fingerprint density at radius 2 is 1.96 bits per heavy atom. The molecule has 0 radical (unpaired) electrons. The van der Waals surface area contributed by atoms with Crippen LogP contribution in [0.1, 0.15) is 33.7 Å². The van der Waals surface area contributed by atoms with Gasteiger partial charge < -0.3 is 15.2 Å². The van der Waals surface area contributed by atoms with Gasteiger partial charge in [-0.3, -0.25) is 4.79 Å². The number of anilines is 1. The monoisotopic (exact) mass is 370 g/mol. The number of likely N-dealkylation sites (tertiary alicyclic amines) is 1. The van der Waals surface area contributed by atoms with Gasteiger partial charge in [0.1, 0.15) is 17.3 Å². The molecule has 0 bridgehead atoms. The van der Waals surface area contributed by atoms with Crippen molar-refractivity contribution in [1.29, 1.82) is 0 Å². The number of carbonyl (C=O) groups excluding carboxylic acids is 1. The molecule has 1 aliphatic heterocycles. The summed E-state index contributed by atoms with van der Waals surface area (Å²) in [6.07, 6.45) is 0.994. The molecule has 2 aromatic heterocycles. The Balaban J connectivity index is 1.74. The number of aromatic nitrogens is 2. The van der Waals surface area contributed by atoms with Gasteiger partial charge in [0, 0.05) is 36.3 Å². The molecule has 0 aliphatic carbocycles. The molecule has 2 N–H and O–H groups in total. The van der Waals surface area contributed by atoms with Crippen LogP contribution in [0.15, 0.2) is 24.3 Å². The summed E-state index contributed by atoms with van der Waals surface area (Å²) in [5, 5.41) is 3.88. The second-order valence-corrected chi connectivity index (χ2v) is 6.85. The van der Waals surface area contributed by atoms with Crippen molar-refractivity contribution in [2.75, 3.05) is 18.4 Å². The molecule has 0 saturated carbocycles. The van der Waals surface area contributed by atoms with Crippen molar-refractivity contribution < 1.29 is 13.6 Å². The van der Waals surface area contributed by atoms with E-state index >= 15 is 0 Å². The van der Waals surface area contributed by atoms with Gasteiger partial charge in [0.15, 0.2) is 5.82 Å². The van der Waals surface area contributed by atoms with Crippen LogP contribution in [0, 0.1) is 25.5 Å². The molecule has 7 heteroatoms. The first kappa shape index (κ1) is 17.5. The van der Waals surface area contributed by atoms with Crippen LogP contribution in [0.3, 0.4) is 0 Å². The van der Waals surface area contributed by atoms with E-state index in [1.807, 2.05) is 13.8 Å². The van der Waals surface area contributed by atoms with Crippen molar-refractivity contribution in [2.45, 2.75) is 26.8 Å². The Morgan fingerprint density at radius 1 is 1.26 bits per heavy atom. The van der Waals surface area contributed by atoms with Gasteiger partial charge >= 0.3 is 0 Å². The first-order chi connectivity index (χ1) is 13.0. The summed E-state index contributed by atoms with van der Waals surface area (Å²) in [5.41, 5.74) is 2.97. The van der Waals surface area contributed by atoms with E-state index in [4.69, 9.17) is 0 Å². The third-order valence-electron chi connectivity index (χ3n) is 5.16. The zero-order valence-electron chi connectivity index (χ0n) is 15.2. The maximum atomic E-state index is 13.9. The lowest BCUT2D eigenvalue weighted by molar-refractivity contribution is 0.0646. The van der Waals surface area contributed by atoms with Gasteiger partial charge in [-0.15, -0.1) is 0 Å². The molecule has 1 amide bonds. The molecule has 3 aromatic rings. The van der Waals surface area contributed by atoms with Gasteiger partial charge in [-0.25, -0.2) is 13.8 Å². The van der Waals surface area contributed by atoms with Crippen LogP contribution in [0.4, 0.5) is 14.6 Å². The predicted octanol–water partition coefficient (Wildman–Crippen LogP) is 3.92. The normalized spacial score (nSPS) is 13.7. The zero-order chi connectivity index (χ0) is 19.1. The van der Waals surface area contributed by atoms with E-state index < -0.39 is 11.6 Å². The second kappa shape index (κ2) is 6.64. The van der Waals surface area contributed by atoms with Crippen LogP contribution in [0.25, 0.3) is 10.9 Å². The summed E-state index contributed by atoms with van der Waals surface area (Å²) < 4.78 is 27.9. The number of fused-ring (bicyclic) bond motifs is 1. The number of halogens is 2. The summed E-state index contributed by atoms with van der Waals surface area (Å²) in [7, 11) is 0. The summed E-state index contributed by atoms with van der Waals surface area (Å²) in [5.74, 6) is -0.951. The quantitative estimate of drug-likeness (QED) is 0.732. The minimum Gasteiger partial charge on any atom is -0.364 e. The highest BCUT2D eigenvalue weighted by Gasteiger charge is 2.24. The Hall–Kier alpha value is -2.96. The fourth-order valence-corrected chi connectivity index (χ4v) is 3.24. The maximum absolute atomic E-state index is 13.9. The Bertz CT molecular complexity index is 1020. The minimum absolute atomic E-state index is 0.0630. The second-order valence-electron chi connectivity index (χ2n) is 6.85. The van der Waals surface area contributed by atoms with Crippen LogP contribution in [-0.4, -0.2) is 33.9 Å². The van der Waals surface area contributed by atoms with E-state index in [2.05, 4.69) is 15.3 Å². The van der Waals surface area contributed by atoms with Crippen LogP contribution < -0.4 is 5.32 Å². The number of nitrogens with zero attached hydrogens (tertiary/aromatic N) is 2. The number of hydrogen-bond acceptors (Lipinski definition) is 3. The van der Waals surface area contributed by atoms with Crippen LogP contribution in [0.5, 0.6) is 0 Å². The fourth-order valence-electron chi connectivity index (χ4n) is 3.24. The number of aromatic amines is 1. The van der Waals surface area contributed by atoms with Crippen molar-refractivity contribution in [2.24, 2.45) is 0 Å². The van der Waals surface area contributed by atoms with Crippen molar-refractivity contribution >= 4 is 22.6 Å². The van der Waals surface area contributed by atoms with Crippen molar-refractivity contribution in [3.63, 3.8) is 0 Å². The zero-order valence-corrected chi connectivity index (χ0v) is 15.2. The summed E-state index contributed by atoms with van der Waals surface area (Å²) >= 11 is 0. The van der Waals surface area contributed by atoms with Crippen LogP contribution in [0.2, 0.25) is 0 Å². The number of aryl methyl sites for hydroxylation is 2. The third-order valence-corrected chi connectivity index (χ3v) is 5.16. The number of benzene rings is 1. The number of carbonyl (C=O) groups is 1. The lowest BCUT2D eigenvalue weighted by Gasteiger charge is -2.30. The highest BCUT2D eigenvalue weighted by molar-refractivity contribution is 6.00. The van der Waals surface area contributed by atoms with E-state index in [1.54, 1.807) is 11.0 Å². The van der Waals surface area contributed by atoms with Crippen molar-refractivity contribution in [3.05, 3.63) is 58.4 Å². The van der Waals surface area contributed by atoms with E-state index in [0.29, 0.717) is 11.5 Å². The molecule has 1 saturated heterocycles. The SMILES string of the molecule is Cc1[nH]c2c(NCc3c(F)cccc3F)nc(C(=O)N3CCC3)cc2c1C. The largest absolute Gasteiger partial charge is 0.364 e. The summed E-state index contributed by atoms with van der Waals surface area (Å²) in [6, 6.07) is 5.55. The van der Waals surface area contributed by atoms with Gasteiger partial charge in [-0.05, 0) is 44.0 Å². The van der Waals surface area contributed by atoms with Gasteiger partial charge in [0.25, 0.3) is 5.91 Å². The molecule has 3 heterocycles. The third kappa shape index (κ3) is 3.03. The smallest absolute Gasteiger partial charge is 0.272 e. The molecule has 0 atom stereocenters. The van der Waals surface area contributed by atoms with Gasteiger partial charge in [-0.1, -0.05) is 6.07 Å². The molecule has 0 unspecified atom stereocenters. The van der Waals surface area contributed by atoms with Crippen LogP contribution in [-0.2, 0) is 6.54 Å². The van der Waals surface area contributed by atoms with Crippen LogP contribution >= 0.6 is 0 Å². The number of pyridine rings is 1. The molecular formula is C20H20F2N4O. The Kier molecular flexibility index (Phi) is 4.30. The summed E-state index contributed by atoms with van der Waals surface area (Å²) in [6.45, 7) is 5.29.